The zero-order valence-corrected chi connectivity index (χ0v) is 10.7. The van der Waals surface area contributed by atoms with E-state index in [0.717, 1.165) is 35.6 Å². The summed E-state index contributed by atoms with van der Waals surface area (Å²) >= 11 is 0. The van der Waals surface area contributed by atoms with E-state index in [0.29, 0.717) is 6.54 Å². The number of hydrogen-bond acceptors (Lipinski definition) is 5. The van der Waals surface area contributed by atoms with Gasteiger partial charge in [0.15, 0.2) is 0 Å². The third-order valence-electron chi connectivity index (χ3n) is 3.30. The molecule has 1 aromatic heterocycles. The average Bonchev–Trinajstić information content (AvgIpc) is 2.85. The van der Waals surface area contributed by atoms with Crippen molar-refractivity contribution in [2.75, 3.05) is 11.4 Å². The topological polar surface area (TPSA) is 66.5 Å². The van der Waals surface area contributed by atoms with E-state index >= 15 is 0 Å². The first-order valence-electron chi connectivity index (χ1n) is 6.18. The molecule has 1 N–H and O–H groups in total. The maximum Gasteiger partial charge on any atom is 0.102 e. The molecule has 0 saturated heterocycles. The van der Waals surface area contributed by atoms with Crippen molar-refractivity contribution in [2.24, 2.45) is 12.2 Å². The van der Waals surface area contributed by atoms with Gasteiger partial charge in [0.25, 0.3) is 0 Å². The molecule has 0 saturated carbocycles. The van der Waals surface area contributed by atoms with Gasteiger partial charge in [0.05, 0.1) is 12.3 Å². The van der Waals surface area contributed by atoms with Gasteiger partial charge in [-0.15, -0.1) is 5.10 Å². The quantitative estimate of drug-likeness (QED) is 0.652. The van der Waals surface area contributed by atoms with Crippen LogP contribution >= 0.6 is 0 Å². The van der Waals surface area contributed by atoms with Gasteiger partial charge in [0.1, 0.15) is 5.69 Å². The normalized spacial score (nSPS) is 16.7. The number of oxime groups is 1. The van der Waals surface area contributed by atoms with Gasteiger partial charge in [-0.05, 0) is 6.07 Å². The molecule has 6 nitrogen and oxygen atoms in total. The molecule has 3 rings (SSSR count). The van der Waals surface area contributed by atoms with Crippen molar-refractivity contribution in [2.45, 2.75) is 13.0 Å². The predicted molar refractivity (Wildman–Crippen MR) is 71.4 cm³/mol. The minimum atomic E-state index is 0.712. The highest BCUT2D eigenvalue weighted by molar-refractivity contribution is 6.06. The van der Waals surface area contributed by atoms with Crippen LogP contribution in [-0.4, -0.2) is 32.5 Å². The molecule has 19 heavy (non-hydrogen) atoms. The second-order valence-corrected chi connectivity index (χ2v) is 4.62. The number of benzene rings is 1. The van der Waals surface area contributed by atoms with E-state index in [4.69, 9.17) is 5.21 Å². The molecule has 0 radical (unpaired) electrons. The lowest BCUT2D eigenvalue weighted by Crippen LogP contribution is -2.32. The lowest BCUT2D eigenvalue weighted by atomic mass is 9.99. The Morgan fingerprint density at radius 1 is 1.37 bits per heavy atom. The van der Waals surface area contributed by atoms with Crippen LogP contribution in [0.5, 0.6) is 0 Å². The number of anilines is 1. The molecule has 1 aliphatic rings. The van der Waals surface area contributed by atoms with E-state index in [2.05, 4.69) is 20.4 Å². The maximum atomic E-state index is 9.06. The smallest absolute Gasteiger partial charge is 0.102 e. The molecule has 0 atom stereocenters. The molecule has 6 heteroatoms. The van der Waals surface area contributed by atoms with Gasteiger partial charge in [0, 0.05) is 37.5 Å². The van der Waals surface area contributed by atoms with Crippen LogP contribution in [-0.2, 0) is 13.6 Å². The highest BCUT2D eigenvalue weighted by Crippen LogP contribution is 2.28. The van der Waals surface area contributed by atoms with E-state index in [1.165, 1.54) is 0 Å². The molecule has 1 aliphatic heterocycles. The number of fused-ring (bicyclic) bond motifs is 1. The summed E-state index contributed by atoms with van der Waals surface area (Å²) < 4.78 is 1.70. The second kappa shape index (κ2) is 4.72. The van der Waals surface area contributed by atoms with Gasteiger partial charge < -0.3 is 10.1 Å². The van der Waals surface area contributed by atoms with Crippen molar-refractivity contribution in [1.29, 1.82) is 0 Å². The van der Waals surface area contributed by atoms with Crippen LogP contribution in [0.25, 0.3) is 0 Å². The van der Waals surface area contributed by atoms with Gasteiger partial charge in [-0.25, -0.2) is 0 Å². The van der Waals surface area contributed by atoms with Crippen molar-refractivity contribution in [1.82, 2.24) is 15.0 Å². The molecule has 0 bridgehead atoms. The van der Waals surface area contributed by atoms with Crippen LogP contribution in [0.3, 0.4) is 0 Å². The van der Waals surface area contributed by atoms with Crippen LogP contribution < -0.4 is 4.90 Å². The molecular formula is C13H15N5O. The first kappa shape index (κ1) is 11.7. The summed E-state index contributed by atoms with van der Waals surface area (Å²) in [6, 6.07) is 7.96. The summed E-state index contributed by atoms with van der Waals surface area (Å²) in [5.41, 5.74) is 3.74. The molecule has 98 valence electrons. The van der Waals surface area contributed by atoms with Gasteiger partial charge >= 0.3 is 0 Å². The Balaban J connectivity index is 1.92. The number of para-hydroxylation sites is 1. The first-order valence-corrected chi connectivity index (χ1v) is 6.18. The van der Waals surface area contributed by atoms with Crippen LogP contribution in [0.1, 0.15) is 17.7 Å². The molecule has 0 amide bonds. The molecule has 0 spiro atoms. The number of aromatic nitrogens is 3. The zero-order valence-electron chi connectivity index (χ0n) is 10.7. The van der Waals surface area contributed by atoms with Crippen molar-refractivity contribution < 1.29 is 5.21 Å². The zero-order chi connectivity index (χ0) is 13.2. The minimum Gasteiger partial charge on any atom is -0.411 e. The largest absolute Gasteiger partial charge is 0.411 e. The van der Waals surface area contributed by atoms with Crippen LogP contribution in [0.15, 0.2) is 35.6 Å². The maximum absolute atomic E-state index is 9.06. The van der Waals surface area contributed by atoms with Crippen molar-refractivity contribution in [3.8, 4) is 0 Å². The Hall–Kier alpha value is -2.37. The number of aryl methyl sites for hydroxylation is 1. The van der Waals surface area contributed by atoms with Crippen LogP contribution in [0.2, 0.25) is 0 Å². The molecule has 2 heterocycles. The number of nitrogens with zero attached hydrogens (tertiary/aromatic N) is 5. The van der Waals surface area contributed by atoms with E-state index in [1.807, 2.05) is 37.5 Å². The first-order chi connectivity index (χ1) is 9.28. The average molecular weight is 257 g/mol. The summed E-state index contributed by atoms with van der Waals surface area (Å²) in [7, 11) is 1.86. The molecule has 0 fully saturated rings. The summed E-state index contributed by atoms with van der Waals surface area (Å²) in [5, 5.41) is 20.5. The molecular weight excluding hydrogens is 242 g/mol. The van der Waals surface area contributed by atoms with Gasteiger partial charge in [0.2, 0.25) is 0 Å². The Bertz CT molecular complexity index is 619. The van der Waals surface area contributed by atoms with E-state index in [-0.39, 0.29) is 0 Å². The summed E-state index contributed by atoms with van der Waals surface area (Å²) in [5.74, 6) is 0. The highest BCUT2D eigenvalue weighted by Gasteiger charge is 2.22. The predicted octanol–water partition coefficient (Wildman–Crippen LogP) is 1.40. The van der Waals surface area contributed by atoms with Crippen molar-refractivity contribution in [3.05, 3.63) is 41.7 Å². The number of hydrogen-bond donors (Lipinski definition) is 1. The van der Waals surface area contributed by atoms with Crippen molar-refractivity contribution in [3.63, 3.8) is 0 Å². The summed E-state index contributed by atoms with van der Waals surface area (Å²) in [6.07, 6.45) is 2.64. The molecule has 1 aromatic carbocycles. The fourth-order valence-corrected chi connectivity index (χ4v) is 2.42. The summed E-state index contributed by atoms with van der Waals surface area (Å²) in [6.45, 7) is 1.52. The third kappa shape index (κ3) is 2.16. The highest BCUT2D eigenvalue weighted by atomic mass is 16.4. The van der Waals surface area contributed by atoms with Gasteiger partial charge in [-0.1, -0.05) is 28.6 Å². The second-order valence-electron chi connectivity index (χ2n) is 4.62. The Labute approximate surface area is 111 Å². The van der Waals surface area contributed by atoms with E-state index in [9.17, 15) is 0 Å². The van der Waals surface area contributed by atoms with Crippen molar-refractivity contribution >= 4 is 11.4 Å². The van der Waals surface area contributed by atoms with Gasteiger partial charge in [-0.2, -0.15) is 0 Å². The van der Waals surface area contributed by atoms with E-state index in [1.54, 1.807) is 4.68 Å². The fraction of sp³-hybridized carbons (Fsp3) is 0.308. The lowest BCUT2D eigenvalue weighted by molar-refractivity contribution is 0.317. The molecule has 2 aromatic rings. The number of rotatable bonds is 2. The Morgan fingerprint density at radius 2 is 2.21 bits per heavy atom. The third-order valence-corrected chi connectivity index (χ3v) is 3.30. The Kier molecular flexibility index (Phi) is 2.91. The van der Waals surface area contributed by atoms with Crippen LogP contribution in [0, 0.1) is 0 Å². The Morgan fingerprint density at radius 3 is 2.95 bits per heavy atom. The van der Waals surface area contributed by atoms with Gasteiger partial charge in [-0.3, -0.25) is 4.68 Å². The molecule has 0 aliphatic carbocycles. The minimum absolute atomic E-state index is 0.712. The van der Waals surface area contributed by atoms with E-state index < -0.39 is 0 Å². The SMILES string of the molecule is Cn1cc(CN2CC/C(=N/O)c3ccccc32)nn1. The summed E-state index contributed by atoms with van der Waals surface area (Å²) in [4.78, 5) is 2.23. The lowest BCUT2D eigenvalue weighted by Gasteiger charge is -2.30. The standard InChI is InChI=1S/C13H15N5O/c1-17-8-10(14-16-17)9-18-7-6-12(15-19)11-4-2-3-5-13(11)18/h2-5,8,19H,6-7,9H2,1H3/b15-12-. The monoisotopic (exact) mass is 257 g/mol. The van der Waals surface area contributed by atoms with Crippen LogP contribution in [0.4, 0.5) is 5.69 Å². The fourth-order valence-electron chi connectivity index (χ4n) is 2.42. The molecule has 0 unspecified atom stereocenters.